The summed E-state index contributed by atoms with van der Waals surface area (Å²) in [5.74, 6) is 3.96. The zero-order valence-corrected chi connectivity index (χ0v) is 9.90. The number of piperidine rings is 1. The molecule has 2 heterocycles. The first-order valence-electron chi connectivity index (χ1n) is 5.54. The summed E-state index contributed by atoms with van der Waals surface area (Å²) in [6.45, 7) is 0. The molecule has 0 radical (unpaired) electrons. The largest absolute Gasteiger partial charge is 0.323 e. The lowest BCUT2D eigenvalue weighted by Crippen LogP contribution is -2.41. The smallest absolute Gasteiger partial charge is 0.254 e. The number of anilines is 1. The number of carbonyl (C=O) groups excluding carboxylic acids is 2. The van der Waals surface area contributed by atoms with Crippen LogP contribution >= 0.6 is 0 Å². The maximum atomic E-state index is 12.0. The van der Waals surface area contributed by atoms with Gasteiger partial charge in [-0.1, -0.05) is 0 Å². The minimum atomic E-state index is -0.602. The van der Waals surface area contributed by atoms with Gasteiger partial charge in [0.05, 0.1) is 11.6 Å². The van der Waals surface area contributed by atoms with Crippen LogP contribution in [0.25, 0.3) is 0 Å². The molecular formula is C11H14N4O3. The molecule has 0 bridgehead atoms. The van der Waals surface area contributed by atoms with Crippen molar-refractivity contribution in [2.45, 2.75) is 18.8 Å². The minimum Gasteiger partial charge on any atom is -0.323 e. The highest BCUT2D eigenvalue weighted by molar-refractivity contribution is 6.00. The Morgan fingerprint density at radius 3 is 2.78 bits per heavy atom. The first-order valence-corrected chi connectivity index (χ1v) is 5.54. The quantitative estimate of drug-likeness (QED) is 0.361. The maximum absolute atomic E-state index is 12.0. The number of hydrogen-bond acceptors (Lipinski definition) is 5. The van der Waals surface area contributed by atoms with Gasteiger partial charge in [0.25, 0.3) is 5.56 Å². The number of nitrogen functional groups attached to an aromatic ring is 1. The highest BCUT2D eigenvalue weighted by atomic mass is 16.2. The van der Waals surface area contributed by atoms with Crippen molar-refractivity contribution < 1.29 is 9.59 Å². The van der Waals surface area contributed by atoms with Crippen LogP contribution in [0.5, 0.6) is 0 Å². The van der Waals surface area contributed by atoms with Gasteiger partial charge in [-0.3, -0.25) is 25.5 Å². The van der Waals surface area contributed by atoms with E-state index in [0.717, 1.165) is 0 Å². The van der Waals surface area contributed by atoms with Gasteiger partial charge in [-0.05, 0) is 12.5 Å². The molecule has 1 saturated heterocycles. The van der Waals surface area contributed by atoms with Crippen molar-refractivity contribution in [3.8, 4) is 0 Å². The number of rotatable bonds is 2. The van der Waals surface area contributed by atoms with E-state index in [9.17, 15) is 14.4 Å². The number of pyridine rings is 1. The van der Waals surface area contributed by atoms with E-state index >= 15 is 0 Å². The minimum absolute atomic E-state index is 0.236. The third-order valence-electron chi connectivity index (χ3n) is 2.99. The molecular weight excluding hydrogens is 236 g/mol. The van der Waals surface area contributed by atoms with Crippen LogP contribution in [0.2, 0.25) is 0 Å². The number of aryl methyl sites for hydroxylation is 1. The Hall–Kier alpha value is -2.15. The van der Waals surface area contributed by atoms with Crippen molar-refractivity contribution in [3.63, 3.8) is 0 Å². The number of nitrogens with zero attached hydrogens (tertiary/aromatic N) is 1. The number of aromatic nitrogens is 1. The van der Waals surface area contributed by atoms with Crippen LogP contribution in [-0.4, -0.2) is 16.4 Å². The fourth-order valence-electron chi connectivity index (χ4n) is 2.06. The predicted octanol–water partition coefficient (Wildman–Crippen LogP) is -0.809. The van der Waals surface area contributed by atoms with E-state index in [1.165, 1.54) is 10.8 Å². The van der Waals surface area contributed by atoms with E-state index in [0.29, 0.717) is 17.7 Å². The standard InChI is InChI=1S/C11H14N4O3/c1-15-5-6(14-12)4-8(11(15)18)7-2-3-9(16)13-10(7)17/h4-5,7,14H,2-3,12H2,1H3,(H,13,16,17). The summed E-state index contributed by atoms with van der Waals surface area (Å²) in [6.07, 6.45) is 2.12. The van der Waals surface area contributed by atoms with E-state index in [-0.39, 0.29) is 17.9 Å². The molecule has 1 aliphatic heterocycles. The van der Waals surface area contributed by atoms with Crippen LogP contribution in [0, 0.1) is 0 Å². The molecule has 96 valence electrons. The summed E-state index contributed by atoms with van der Waals surface area (Å²) in [5.41, 5.74) is 3.06. The molecule has 2 rings (SSSR count). The topological polar surface area (TPSA) is 106 Å². The Morgan fingerprint density at radius 1 is 1.44 bits per heavy atom. The molecule has 7 heteroatoms. The Labute approximate surface area is 103 Å². The van der Waals surface area contributed by atoms with Gasteiger partial charge in [0, 0.05) is 25.2 Å². The van der Waals surface area contributed by atoms with Crippen molar-refractivity contribution in [1.82, 2.24) is 9.88 Å². The van der Waals surface area contributed by atoms with Crippen LogP contribution in [0.3, 0.4) is 0 Å². The molecule has 1 fully saturated rings. The molecule has 1 atom stereocenters. The Kier molecular flexibility index (Phi) is 3.15. The number of imide groups is 1. The van der Waals surface area contributed by atoms with Crippen molar-refractivity contribution in [2.24, 2.45) is 12.9 Å². The van der Waals surface area contributed by atoms with Crippen LogP contribution in [0.15, 0.2) is 17.1 Å². The number of nitrogens with two attached hydrogens (primary N) is 1. The molecule has 0 spiro atoms. The SMILES string of the molecule is Cn1cc(NN)cc(C2CCC(=O)NC2=O)c1=O. The third-order valence-corrected chi connectivity index (χ3v) is 2.99. The zero-order chi connectivity index (χ0) is 13.3. The van der Waals surface area contributed by atoms with Gasteiger partial charge in [-0.25, -0.2) is 0 Å². The fourth-order valence-corrected chi connectivity index (χ4v) is 2.06. The molecule has 2 amide bonds. The van der Waals surface area contributed by atoms with Crippen LogP contribution < -0.4 is 22.1 Å². The third kappa shape index (κ3) is 2.12. The molecule has 4 N–H and O–H groups in total. The monoisotopic (exact) mass is 250 g/mol. The van der Waals surface area contributed by atoms with Gasteiger partial charge < -0.3 is 9.99 Å². The van der Waals surface area contributed by atoms with Gasteiger partial charge >= 0.3 is 0 Å². The molecule has 1 aromatic rings. The average molecular weight is 250 g/mol. The second-order valence-corrected chi connectivity index (χ2v) is 4.25. The summed E-state index contributed by atoms with van der Waals surface area (Å²) >= 11 is 0. The van der Waals surface area contributed by atoms with Crippen LogP contribution in [0.1, 0.15) is 24.3 Å². The Bertz CT molecular complexity index is 564. The van der Waals surface area contributed by atoms with E-state index in [1.54, 1.807) is 13.1 Å². The first-order chi connectivity index (χ1) is 8.52. The Morgan fingerprint density at radius 2 is 2.17 bits per heavy atom. The van der Waals surface area contributed by atoms with Gasteiger partial charge in [0.15, 0.2) is 0 Å². The van der Waals surface area contributed by atoms with E-state index < -0.39 is 11.8 Å². The van der Waals surface area contributed by atoms with Crippen molar-refractivity contribution in [3.05, 3.63) is 28.2 Å². The number of carbonyl (C=O) groups is 2. The molecule has 1 aliphatic rings. The highest BCUT2D eigenvalue weighted by Crippen LogP contribution is 2.23. The van der Waals surface area contributed by atoms with Crippen LogP contribution in [-0.2, 0) is 16.6 Å². The summed E-state index contributed by atoms with van der Waals surface area (Å²) in [5, 5.41) is 2.23. The molecule has 1 aromatic heterocycles. The van der Waals surface area contributed by atoms with E-state index in [4.69, 9.17) is 5.84 Å². The summed E-state index contributed by atoms with van der Waals surface area (Å²) in [6, 6.07) is 1.54. The van der Waals surface area contributed by atoms with Crippen molar-refractivity contribution in [1.29, 1.82) is 0 Å². The van der Waals surface area contributed by atoms with Gasteiger partial charge in [0.2, 0.25) is 11.8 Å². The van der Waals surface area contributed by atoms with E-state index in [1.807, 2.05) is 0 Å². The number of hydrazine groups is 1. The van der Waals surface area contributed by atoms with Crippen molar-refractivity contribution in [2.75, 3.05) is 5.43 Å². The second kappa shape index (κ2) is 4.61. The maximum Gasteiger partial charge on any atom is 0.254 e. The fraction of sp³-hybridized carbons (Fsp3) is 0.364. The molecule has 0 aliphatic carbocycles. The van der Waals surface area contributed by atoms with Gasteiger partial charge in [-0.15, -0.1) is 0 Å². The highest BCUT2D eigenvalue weighted by Gasteiger charge is 2.30. The lowest BCUT2D eigenvalue weighted by molar-refractivity contribution is -0.134. The molecule has 7 nitrogen and oxygen atoms in total. The lowest BCUT2D eigenvalue weighted by Gasteiger charge is -2.21. The summed E-state index contributed by atoms with van der Waals surface area (Å²) in [4.78, 5) is 34.8. The number of hydrogen-bond donors (Lipinski definition) is 3. The molecule has 0 aromatic carbocycles. The van der Waals surface area contributed by atoms with Crippen molar-refractivity contribution >= 4 is 17.5 Å². The summed E-state index contributed by atoms with van der Waals surface area (Å²) in [7, 11) is 1.58. The number of amides is 2. The Balaban J connectivity index is 2.44. The van der Waals surface area contributed by atoms with Crippen LogP contribution in [0.4, 0.5) is 5.69 Å². The first kappa shape index (κ1) is 12.3. The summed E-state index contributed by atoms with van der Waals surface area (Å²) < 4.78 is 1.36. The van der Waals surface area contributed by atoms with E-state index in [2.05, 4.69) is 10.7 Å². The number of nitrogens with one attached hydrogen (secondary N) is 2. The average Bonchev–Trinajstić information content (AvgIpc) is 2.33. The predicted molar refractivity (Wildman–Crippen MR) is 64.6 cm³/mol. The molecule has 18 heavy (non-hydrogen) atoms. The molecule has 0 saturated carbocycles. The van der Waals surface area contributed by atoms with Gasteiger partial charge in [0.1, 0.15) is 0 Å². The normalized spacial score (nSPS) is 19.6. The molecule has 1 unspecified atom stereocenters. The zero-order valence-electron chi connectivity index (χ0n) is 9.90. The van der Waals surface area contributed by atoms with Gasteiger partial charge in [-0.2, -0.15) is 0 Å². The lowest BCUT2D eigenvalue weighted by atomic mass is 9.91. The second-order valence-electron chi connectivity index (χ2n) is 4.25.